The van der Waals surface area contributed by atoms with Crippen molar-refractivity contribution in [2.75, 3.05) is 0 Å². The molecule has 0 aromatic rings. The van der Waals surface area contributed by atoms with Crippen LogP contribution in [0.25, 0.3) is 0 Å². The van der Waals surface area contributed by atoms with E-state index in [2.05, 4.69) is 0 Å². The molecule has 4 atom stereocenters. The maximum atomic E-state index is 12.2. The monoisotopic (exact) mass is 337 g/mol. The third kappa shape index (κ3) is 2.98. The average molecular weight is 337 g/mol. The Morgan fingerprint density at radius 3 is 2.27 bits per heavy atom. The van der Waals surface area contributed by atoms with E-state index >= 15 is 0 Å². The van der Waals surface area contributed by atoms with Gasteiger partial charge in [0.15, 0.2) is 5.78 Å². The fraction of sp³-hybridized carbons (Fsp3) is 0.786. The van der Waals surface area contributed by atoms with Crippen LogP contribution < -0.4 is 34.7 Å². The summed E-state index contributed by atoms with van der Waals surface area (Å²) >= 11 is 1.29. The molecule has 0 spiro atoms. The number of carboxylic acids is 1. The van der Waals surface area contributed by atoms with Crippen molar-refractivity contribution in [2.24, 2.45) is 11.3 Å². The second-order valence-electron chi connectivity index (χ2n) is 7.16. The number of amides is 1. The molecule has 8 heteroatoms. The Morgan fingerprint density at radius 1 is 1.36 bits per heavy atom. The Morgan fingerprint density at radius 2 is 1.86 bits per heavy atom. The molecular weight excluding hydrogens is 317 g/mol. The van der Waals surface area contributed by atoms with Crippen LogP contribution in [0, 0.1) is 11.3 Å². The number of aliphatic carboxylic acids is 1. The van der Waals surface area contributed by atoms with Crippen LogP contribution in [0.1, 0.15) is 34.6 Å². The van der Waals surface area contributed by atoms with Crippen LogP contribution in [-0.4, -0.2) is 49.9 Å². The molecule has 0 aliphatic carbocycles. The Bertz CT molecular complexity index is 516. The number of aliphatic hydroxyl groups excluding tert-OH is 1. The van der Waals surface area contributed by atoms with Crippen LogP contribution in [0.5, 0.6) is 0 Å². The first-order valence-corrected chi connectivity index (χ1v) is 7.71. The molecule has 6 nitrogen and oxygen atoms in total. The van der Waals surface area contributed by atoms with E-state index in [0.717, 1.165) is 0 Å². The molecule has 2 saturated heterocycles. The molecule has 0 bridgehead atoms. The Hall–Kier alpha value is -0.0800. The second kappa shape index (κ2) is 6.09. The van der Waals surface area contributed by atoms with Gasteiger partial charge in [0.05, 0.1) is 17.4 Å². The molecule has 2 fully saturated rings. The van der Waals surface area contributed by atoms with Crippen molar-refractivity contribution in [3.05, 3.63) is 0 Å². The third-order valence-electron chi connectivity index (χ3n) is 4.05. The van der Waals surface area contributed by atoms with Crippen LogP contribution in [0.2, 0.25) is 0 Å². The SMILES string of the molecule is CC(C)(C)C(=O)[C@@H](O)[C@@H]1C(=O)N2[C@@H]1SC(C)(C)[C@@H]2C(=O)[O-].[Na+]. The first-order chi connectivity index (χ1) is 9.39. The number of nitrogens with zero attached hydrogens (tertiary/aromatic N) is 1. The summed E-state index contributed by atoms with van der Waals surface area (Å²) in [7, 11) is 0. The number of carbonyl (C=O) groups is 3. The zero-order chi connectivity index (χ0) is 16.3. The first-order valence-electron chi connectivity index (χ1n) is 6.83. The van der Waals surface area contributed by atoms with Crippen LogP contribution in [-0.2, 0) is 14.4 Å². The zero-order valence-electron chi connectivity index (χ0n) is 13.7. The molecule has 2 aliphatic rings. The van der Waals surface area contributed by atoms with Crippen LogP contribution in [0.3, 0.4) is 0 Å². The van der Waals surface area contributed by atoms with E-state index in [9.17, 15) is 24.6 Å². The van der Waals surface area contributed by atoms with Crippen molar-refractivity contribution in [3.8, 4) is 0 Å². The quantitative estimate of drug-likeness (QED) is 0.422. The van der Waals surface area contributed by atoms with Crippen molar-refractivity contribution in [3.63, 3.8) is 0 Å². The van der Waals surface area contributed by atoms with Gasteiger partial charge >= 0.3 is 29.6 Å². The fourth-order valence-corrected chi connectivity index (χ4v) is 4.63. The van der Waals surface area contributed by atoms with Crippen molar-refractivity contribution in [1.29, 1.82) is 0 Å². The Labute approximate surface area is 156 Å². The number of fused-ring (bicyclic) bond motifs is 1. The first kappa shape index (κ1) is 20.0. The number of carboxylic acid groups (broad SMARTS) is 1. The van der Waals surface area contributed by atoms with Crippen molar-refractivity contribution >= 4 is 29.4 Å². The molecule has 2 heterocycles. The summed E-state index contributed by atoms with van der Waals surface area (Å²) in [5.41, 5.74) is -0.757. The van der Waals surface area contributed by atoms with Gasteiger partial charge in [0.2, 0.25) is 5.91 Å². The molecule has 0 unspecified atom stereocenters. The molecule has 1 amide bonds. The van der Waals surface area contributed by atoms with E-state index in [4.69, 9.17) is 0 Å². The number of thioether (sulfide) groups is 1. The number of rotatable bonds is 3. The van der Waals surface area contributed by atoms with Gasteiger partial charge in [-0.05, 0) is 13.8 Å². The summed E-state index contributed by atoms with van der Waals surface area (Å²) in [5, 5.41) is 21.0. The van der Waals surface area contributed by atoms with E-state index in [1.165, 1.54) is 16.7 Å². The normalized spacial score (nSPS) is 30.9. The van der Waals surface area contributed by atoms with Gasteiger partial charge in [0.1, 0.15) is 12.0 Å². The molecule has 0 aromatic heterocycles. The predicted molar refractivity (Wildman–Crippen MR) is 75.1 cm³/mol. The number of carbonyl (C=O) groups excluding carboxylic acids is 3. The third-order valence-corrected chi connectivity index (χ3v) is 5.65. The molecule has 0 saturated carbocycles. The van der Waals surface area contributed by atoms with Gasteiger partial charge < -0.3 is 19.9 Å². The van der Waals surface area contributed by atoms with Gasteiger partial charge in [0.25, 0.3) is 0 Å². The average Bonchev–Trinajstić information content (AvgIpc) is 2.55. The van der Waals surface area contributed by atoms with Crippen molar-refractivity contribution in [2.45, 2.75) is 56.9 Å². The van der Waals surface area contributed by atoms with Gasteiger partial charge in [-0.15, -0.1) is 11.8 Å². The minimum Gasteiger partial charge on any atom is -0.548 e. The number of β-lactam (4-membered cyclic amide) rings is 1. The zero-order valence-corrected chi connectivity index (χ0v) is 16.6. The molecule has 2 rings (SSSR count). The summed E-state index contributed by atoms with van der Waals surface area (Å²) in [4.78, 5) is 36.9. The summed E-state index contributed by atoms with van der Waals surface area (Å²) in [6, 6.07) is -1.03. The minimum absolute atomic E-state index is 0. The van der Waals surface area contributed by atoms with Crippen molar-refractivity contribution in [1.82, 2.24) is 4.90 Å². The summed E-state index contributed by atoms with van der Waals surface area (Å²) in [6.07, 6.45) is -1.40. The van der Waals surface area contributed by atoms with Gasteiger partial charge in [-0.2, -0.15) is 0 Å². The Kier molecular flexibility index (Phi) is 5.53. The largest absolute Gasteiger partial charge is 1.00 e. The maximum Gasteiger partial charge on any atom is 1.00 e. The number of aliphatic hydroxyl groups is 1. The van der Waals surface area contributed by atoms with Gasteiger partial charge in [-0.25, -0.2) is 0 Å². The van der Waals surface area contributed by atoms with Gasteiger partial charge in [-0.1, -0.05) is 20.8 Å². The molecule has 0 radical (unpaired) electrons. The van der Waals surface area contributed by atoms with E-state index in [1.807, 2.05) is 0 Å². The van der Waals surface area contributed by atoms with Crippen LogP contribution >= 0.6 is 11.8 Å². The molecule has 118 valence electrons. The Balaban J connectivity index is 0.00000242. The smallest absolute Gasteiger partial charge is 0.548 e. The predicted octanol–water partition coefficient (Wildman–Crippen LogP) is -3.61. The molecule has 1 N–H and O–H groups in total. The van der Waals surface area contributed by atoms with E-state index < -0.39 is 51.3 Å². The standard InChI is InChI=1S/C14H21NO5S.Na/c1-13(2,3)9(17)7(16)6-10(18)15-8(12(19)20)14(4,5)21-11(6)15;/h6-8,11,16H,1-5H3,(H,19,20);/q;+1/p-1/t6-,7+,8+,11-;/m1./s1. The summed E-state index contributed by atoms with van der Waals surface area (Å²) in [6.45, 7) is 8.47. The molecule has 2 aliphatic heterocycles. The number of Topliss-reactive ketones (excluding diaryl/α,β-unsaturated/α-hetero) is 1. The summed E-state index contributed by atoms with van der Waals surface area (Å²) in [5.74, 6) is -3.07. The van der Waals surface area contributed by atoms with E-state index in [1.54, 1.807) is 34.6 Å². The molecule has 0 aromatic carbocycles. The van der Waals surface area contributed by atoms with Crippen LogP contribution in [0.4, 0.5) is 0 Å². The van der Waals surface area contributed by atoms with Gasteiger partial charge in [-0.3, -0.25) is 9.59 Å². The second-order valence-corrected chi connectivity index (χ2v) is 8.93. The minimum atomic E-state index is -1.40. The van der Waals surface area contributed by atoms with Crippen LogP contribution in [0.15, 0.2) is 0 Å². The number of hydrogen-bond acceptors (Lipinski definition) is 6. The fourth-order valence-electron chi connectivity index (χ4n) is 2.92. The molecular formula is C14H20NNaO5S. The number of hydrogen-bond donors (Lipinski definition) is 1. The topological polar surface area (TPSA) is 97.7 Å². The van der Waals surface area contributed by atoms with E-state index in [-0.39, 0.29) is 29.6 Å². The van der Waals surface area contributed by atoms with Crippen molar-refractivity contribution < 1.29 is 54.2 Å². The maximum absolute atomic E-state index is 12.2. The van der Waals surface area contributed by atoms with E-state index in [0.29, 0.717) is 0 Å². The summed E-state index contributed by atoms with van der Waals surface area (Å²) < 4.78 is -0.710. The van der Waals surface area contributed by atoms with Gasteiger partial charge in [0, 0.05) is 10.2 Å². The number of ketones is 1. The molecule has 22 heavy (non-hydrogen) atoms.